The van der Waals surface area contributed by atoms with Crippen LogP contribution < -0.4 is 0 Å². The molecule has 19 heavy (non-hydrogen) atoms. The Bertz CT molecular complexity index is 595. The highest BCUT2D eigenvalue weighted by molar-refractivity contribution is 6.28. The van der Waals surface area contributed by atoms with E-state index in [0.29, 0.717) is 11.4 Å². The fourth-order valence-electron chi connectivity index (χ4n) is 1.97. The number of imidazole rings is 1. The topological polar surface area (TPSA) is 43.6 Å². The molecule has 0 bridgehead atoms. The lowest BCUT2D eigenvalue weighted by molar-refractivity contribution is 0.146. The minimum absolute atomic E-state index is 0.140. The molecule has 0 spiro atoms. The van der Waals surface area contributed by atoms with E-state index in [-0.39, 0.29) is 17.0 Å². The highest BCUT2D eigenvalue weighted by Crippen LogP contribution is 2.27. The number of rotatable bonds is 3. The molecule has 2 aromatic rings. The van der Waals surface area contributed by atoms with Crippen molar-refractivity contribution in [1.29, 1.82) is 0 Å². The Kier molecular flexibility index (Phi) is 3.80. The SMILES string of the molecule is Cc1ncc(-c2cc(C(F)F)nc(Cl)n2)n1C(C)C. The summed E-state index contributed by atoms with van der Waals surface area (Å²) in [6.07, 6.45) is -1.08. The largest absolute Gasteiger partial charge is 0.324 e. The van der Waals surface area contributed by atoms with Gasteiger partial charge in [0.25, 0.3) is 6.43 Å². The van der Waals surface area contributed by atoms with Gasteiger partial charge >= 0.3 is 0 Å². The van der Waals surface area contributed by atoms with E-state index in [1.165, 1.54) is 6.07 Å². The van der Waals surface area contributed by atoms with Gasteiger partial charge in [-0.15, -0.1) is 0 Å². The van der Waals surface area contributed by atoms with Gasteiger partial charge in [-0.3, -0.25) is 0 Å². The summed E-state index contributed by atoms with van der Waals surface area (Å²) in [7, 11) is 0. The average Bonchev–Trinajstić information content (AvgIpc) is 2.70. The first-order chi connectivity index (χ1) is 8.90. The third kappa shape index (κ3) is 2.73. The lowest BCUT2D eigenvalue weighted by Crippen LogP contribution is -2.06. The van der Waals surface area contributed by atoms with Crippen molar-refractivity contribution < 1.29 is 8.78 Å². The second kappa shape index (κ2) is 5.21. The van der Waals surface area contributed by atoms with Crippen LogP contribution >= 0.6 is 11.6 Å². The zero-order valence-corrected chi connectivity index (χ0v) is 11.5. The fraction of sp³-hybridized carbons (Fsp3) is 0.417. The maximum atomic E-state index is 12.7. The Morgan fingerprint density at radius 1 is 1.26 bits per heavy atom. The van der Waals surface area contributed by atoms with E-state index in [1.807, 2.05) is 25.3 Å². The third-order valence-corrected chi connectivity index (χ3v) is 2.87. The molecule has 2 aromatic heterocycles. The molecule has 0 saturated heterocycles. The summed E-state index contributed by atoms with van der Waals surface area (Å²) in [6.45, 7) is 5.81. The molecule has 0 fully saturated rings. The molecular formula is C12H13ClF2N4. The molecule has 0 saturated carbocycles. The lowest BCUT2D eigenvalue weighted by atomic mass is 10.2. The van der Waals surface area contributed by atoms with E-state index in [9.17, 15) is 8.78 Å². The fourth-order valence-corrected chi connectivity index (χ4v) is 2.16. The average molecular weight is 287 g/mol. The van der Waals surface area contributed by atoms with Crippen molar-refractivity contribution in [3.63, 3.8) is 0 Å². The normalized spacial score (nSPS) is 11.6. The van der Waals surface area contributed by atoms with Gasteiger partial charge in [-0.25, -0.2) is 23.7 Å². The summed E-state index contributed by atoms with van der Waals surface area (Å²) < 4.78 is 27.4. The van der Waals surface area contributed by atoms with Crippen LogP contribution in [0.2, 0.25) is 5.28 Å². The standard InChI is InChI=1S/C12H13ClF2N4/c1-6(2)19-7(3)16-5-10(19)8-4-9(11(14)15)18-12(13)17-8/h4-6,11H,1-3H3. The first-order valence-electron chi connectivity index (χ1n) is 5.77. The molecule has 0 aromatic carbocycles. The summed E-state index contributed by atoms with van der Waals surface area (Å²) in [5, 5.41) is -0.193. The minimum atomic E-state index is -2.68. The van der Waals surface area contributed by atoms with Crippen molar-refractivity contribution >= 4 is 11.6 Å². The van der Waals surface area contributed by atoms with Crippen LogP contribution in [-0.2, 0) is 0 Å². The molecule has 102 valence electrons. The van der Waals surface area contributed by atoms with E-state index in [1.54, 1.807) is 6.20 Å². The molecule has 4 nitrogen and oxygen atoms in total. The summed E-state index contributed by atoms with van der Waals surface area (Å²) in [4.78, 5) is 11.7. The van der Waals surface area contributed by atoms with E-state index in [4.69, 9.17) is 11.6 Å². The molecule has 0 aliphatic rings. The van der Waals surface area contributed by atoms with Crippen molar-refractivity contribution in [2.75, 3.05) is 0 Å². The molecule has 0 unspecified atom stereocenters. The van der Waals surface area contributed by atoms with E-state index in [0.717, 1.165) is 5.82 Å². The van der Waals surface area contributed by atoms with Crippen molar-refractivity contribution in [2.45, 2.75) is 33.2 Å². The van der Waals surface area contributed by atoms with Gasteiger partial charge in [0.05, 0.1) is 17.6 Å². The van der Waals surface area contributed by atoms with Gasteiger partial charge in [-0.05, 0) is 38.4 Å². The Morgan fingerprint density at radius 3 is 2.53 bits per heavy atom. The Balaban J connectivity index is 2.59. The van der Waals surface area contributed by atoms with Crippen LogP contribution in [0.5, 0.6) is 0 Å². The van der Waals surface area contributed by atoms with Crippen LogP contribution in [0.3, 0.4) is 0 Å². The quantitative estimate of drug-likeness (QED) is 0.806. The van der Waals surface area contributed by atoms with Crippen molar-refractivity contribution in [1.82, 2.24) is 19.5 Å². The molecule has 2 rings (SSSR count). The predicted octanol–water partition coefficient (Wildman–Crippen LogP) is 3.82. The minimum Gasteiger partial charge on any atom is -0.324 e. The van der Waals surface area contributed by atoms with Gasteiger partial charge in [-0.2, -0.15) is 0 Å². The highest BCUT2D eigenvalue weighted by Gasteiger charge is 2.17. The molecule has 0 atom stereocenters. The van der Waals surface area contributed by atoms with Gasteiger partial charge in [0.15, 0.2) is 0 Å². The number of alkyl halides is 2. The van der Waals surface area contributed by atoms with Crippen LogP contribution in [-0.4, -0.2) is 19.5 Å². The van der Waals surface area contributed by atoms with E-state index >= 15 is 0 Å². The van der Waals surface area contributed by atoms with Crippen LogP contribution in [0.25, 0.3) is 11.4 Å². The monoisotopic (exact) mass is 286 g/mol. The zero-order valence-electron chi connectivity index (χ0n) is 10.7. The van der Waals surface area contributed by atoms with Gasteiger partial charge in [0.2, 0.25) is 5.28 Å². The second-order valence-corrected chi connectivity index (χ2v) is 4.74. The van der Waals surface area contributed by atoms with Crippen LogP contribution in [0.4, 0.5) is 8.78 Å². The van der Waals surface area contributed by atoms with E-state index < -0.39 is 6.43 Å². The predicted molar refractivity (Wildman–Crippen MR) is 68.3 cm³/mol. The maximum Gasteiger partial charge on any atom is 0.280 e. The summed E-state index contributed by atoms with van der Waals surface area (Å²) in [5.41, 5.74) is 0.618. The molecular weight excluding hydrogens is 274 g/mol. The number of hydrogen-bond donors (Lipinski definition) is 0. The molecule has 2 heterocycles. The Morgan fingerprint density at radius 2 is 1.95 bits per heavy atom. The van der Waals surface area contributed by atoms with Gasteiger partial charge in [0, 0.05) is 6.04 Å². The first-order valence-corrected chi connectivity index (χ1v) is 6.14. The molecule has 0 N–H and O–H groups in total. The van der Waals surface area contributed by atoms with Crippen molar-refractivity contribution in [3.8, 4) is 11.4 Å². The molecule has 0 amide bonds. The summed E-state index contributed by atoms with van der Waals surface area (Å²) in [5.74, 6) is 0.790. The Labute approximate surface area is 114 Å². The Hall–Kier alpha value is -1.56. The molecule has 0 radical (unpaired) electrons. The van der Waals surface area contributed by atoms with Gasteiger partial charge in [0.1, 0.15) is 11.5 Å². The number of aromatic nitrogens is 4. The van der Waals surface area contributed by atoms with Crippen molar-refractivity contribution in [3.05, 3.63) is 29.1 Å². The molecule has 7 heteroatoms. The first kappa shape index (κ1) is 13.9. The summed E-state index contributed by atoms with van der Waals surface area (Å²) in [6, 6.07) is 1.38. The van der Waals surface area contributed by atoms with E-state index in [2.05, 4.69) is 15.0 Å². The van der Waals surface area contributed by atoms with Gasteiger partial charge in [-0.1, -0.05) is 0 Å². The highest BCUT2D eigenvalue weighted by atomic mass is 35.5. The van der Waals surface area contributed by atoms with Crippen LogP contribution in [0, 0.1) is 6.92 Å². The smallest absolute Gasteiger partial charge is 0.280 e. The third-order valence-electron chi connectivity index (χ3n) is 2.70. The van der Waals surface area contributed by atoms with Crippen LogP contribution in [0.1, 0.15) is 37.8 Å². The summed E-state index contributed by atoms with van der Waals surface area (Å²) >= 11 is 5.70. The van der Waals surface area contributed by atoms with Gasteiger partial charge < -0.3 is 4.57 Å². The second-order valence-electron chi connectivity index (χ2n) is 4.40. The molecule has 0 aliphatic carbocycles. The van der Waals surface area contributed by atoms with Crippen molar-refractivity contribution in [2.24, 2.45) is 0 Å². The maximum absolute atomic E-state index is 12.7. The number of hydrogen-bond acceptors (Lipinski definition) is 3. The molecule has 0 aliphatic heterocycles. The number of aryl methyl sites for hydroxylation is 1. The number of nitrogens with zero attached hydrogens (tertiary/aromatic N) is 4. The number of halogens is 3. The zero-order chi connectivity index (χ0) is 14.2. The van der Waals surface area contributed by atoms with Crippen LogP contribution in [0.15, 0.2) is 12.3 Å². The lowest BCUT2D eigenvalue weighted by Gasteiger charge is -2.14.